The maximum atomic E-state index is 13.9. The molecule has 1 saturated heterocycles. The van der Waals surface area contributed by atoms with Gasteiger partial charge in [-0.3, -0.25) is 14.5 Å². The Morgan fingerprint density at radius 1 is 1.08 bits per heavy atom. The molecule has 0 N–H and O–H groups in total. The lowest BCUT2D eigenvalue weighted by Crippen LogP contribution is -2.31. The lowest BCUT2D eigenvalue weighted by Gasteiger charge is -2.26. The van der Waals surface area contributed by atoms with Gasteiger partial charge in [0.05, 0.1) is 43.2 Å². The van der Waals surface area contributed by atoms with E-state index in [1.54, 1.807) is 56.3 Å². The smallest absolute Gasteiger partial charge is 0.167 e. The van der Waals surface area contributed by atoms with Crippen LogP contribution in [0, 0.1) is 6.92 Å². The predicted octanol–water partition coefficient (Wildman–Crippen LogP) is 3.70. The topological polar surface area (TPSA) is 128 Å². The predicted molar refractivity (Wildman–Crippen MR) is 140 cm³/mol. The first kappa shape index (κ1) is 27.9. The fraction of sp³-hybridized carbons (Fsp3) is 0.538. The number of hydrogen-bond acceptors (Lipinski definition) is 10. The molecule has 206 valence electrons. The number of sulfone groups is 1. The van der Waals surface area contributed by atoms with Crippen LogP contribution in [0.3, 0.4) is 0 Å². The van der Waals surface area contributed by atoms with E-state index in [9.17, 15) is 8.42 Å². The normalized spacial score (nSPS) is 17.5. The zero-order valence-electron chi connectivity index (χ0n) is 22.6. The van der Waals surface area contributed by atoms with Gasteiger partial charge in [-0.25, -0.2) is 8.42 Å². The summed E-state index contributed by atoms with van der Waals surface area (Å²) in [6.07, 6.45) is 3.41. The Morgan fingerprint density at radius 3 is 2.34 bits per heavy atom. The molecular formula is C26H35N5O6S. The van der Waals surface area contributed by atoms with E-state index in [1.165, 1.54) is 0 Å². The number of rotatable bonds is 11. The maximum absolute atomic E-state index is 13.9. The van der Waals surface area contributed by atoms with Crippen LogP contribution in [0.1, 0.15) is 68.9 Å². The first-order valence-corrected chi connectivity index (χ1v) is 14.3. The zero-order valence-corrected chi connectivity index (χ0v) is 23.4. The molecule has 0 unspecified atom stereocenters. The largest absolute Gasteiger partial charge is 0.494 e. The van der Waals surface area contributed by atoms with Gasteiger partial charge < -0.3 is 18.9 Å². The van der Waals surface area contributed by atoms with E-state index in [2.05, 4.69) is 20.2 Å². The van der Waals surface area contributed by atoms with Crippen molar-refractivity contribution in [3.8, 4) is 17.2 Å². The molecule has 1 aromatic carbocycles. The Morgan fingerprint density at radius 2 is 1.79 bits per heavy atom. The van der Waals surface area contributed by atoms with Gasteiger partial charge in [-0.15, -0.1) is 10.2 Å². The van der Waals surface area contributed by atoms with Crippen LogP contribution in [0.15, 0.2) is 30.6 Å². The van der Waals surface area contributed by atoms with Crippen LogP contribution < -0.4 is 9.47 Å². The molecule has 11 nitrogen and oxygen atoms in total. The molecule has 1 aliphatic rings. The lowest BCUT2D eigenvalue weighted by molar-refractivity contribution is 0.00382. The van der Waals surface area contributed by atoms with Crippen molar-refractivity contribution in [3.63, 3.8) is 0 Å². The van der Waals surface area contributed by atoms with Gasteiger partial charge in [0.15, 0.2) is 21.5 Å². The summed E-state index contributed by atoms with van der Waals surface area (Å²) < 4.78 is 52.7. The fourth-order valence-electron chi connectivity index (χ4n) is 4.47. The summed E-state index contributed by atoms with van der Waals surface area (Å²) >= 11 is 0. The summed E-state index contributed by atoms with van der Waals surface area (Å²) in [5, 5.41) is 7.78. The molecule has 0 saturated carbocycles. The summed E-state index contributed by atoms with van der Waals surface area (Å²) in [4.78, 5) is 8.70. The molecule has 4 rings (SSSR count). The van der Waals surface area contributed by atoms with Crippen LogP contribution in [0.4, 0.5) is 0 Å². The van der Waals surface area contributed by atoms with Gasteiger partial charge in [-0.2, -0.15) is 0 Å². The number of benzene rings is 1. The highest BCUT2D eigenvalue weighted by Crippen LogP contribution is 2.38. The standard InChI is InChI=1S/C26H35N5O6S/c1-16(2)37-25(19-14-27-17(3)13-28-19)18(4)38(32,33)15-23-29-30-26(22-11-8-12-36-22)31(23)24-20(34-5)9-7-10-21(24)35-6/h7,9-10,13-14,16,18,22,25H,8,11-12,15H2,1-6H3/t18-,22-,25+/m0/s1. The number of aryl methyl sites for hydroxylation is 1. The Hall–Kier alpha value is -3.09. The molecule has 1 aliphatic heterocycles. The van der Waals surface area contributed by atoms with Crippen molar-refractivity contribution in [2.24, 2.45) is 0 Å². The van der Waals surface area contributed by atoms with Gasteiger partial charge >= 0.3 is 0 Å². The van der Waals surface area contributed by atoms with E-state index in [0.717, 1.165) is 18.5 Å². The molecule has 2 aromatic heterocycles. The maximum Gasteiger partial charge on any atom is 0.167 e. The molecule has 3 atom stereocenters. The second kappa shape index (κ2) is 11.7. The highest BCUT2D eigenvalue weighted by Gasteiger charge is 2.36. The average Bonchev–Trinajstić information content (AvgIpc) is 3.56. The van der Waals surface area contributed by atoms with E-state index in [1.807, 2.05) is 20.8 Å². The van der Waals surface area contributed by atoms with Gasteiger partial charge in [0.25, 0.3) is 0 Å². The molecule has 0 amide bonds. The number of nitrogens with zero attached hydrogens (tertiary/aromatic N) is 5. The quantitative estimate of drug-likeness (QED) is 0.352. The van der Waals surface area contributed by atoms with Crippen LogP contribution >= 0.6 is 0 Å². The molecule has 12 heteroatoms. The molecule has 3 aromatic rings. The Balaban J connectivity index is 1.78. The van der Waals surface area contributed by atoms with Gasteiger partial charge in [-0.1, -0.05) is 6.07 Å². The van der Waals surface area contributed by atoms with E-state index >= 15 is 0 Å². The van der Waals surface area contributed by atoms with Crippen molar-refractivity contribution in [2.45, 2.75) is 69.9 Å². The van der Waals surface area contributed by atoms with Crippen molar-refractivity contribution in [1.29, 1.82) is 0 Å². The second-order valence-corrected chi connectivity index (χ2v) is 11.9. The van der Waals surface area contributed by atoms with Crippen molar-refractivity contribution in [3.05, 3.63) is 53.6 Å². The third-order valence-electron chi connectivity index (χ3n) is 6.43. The third kappa shape index (κ3) is 5.82. The number of ether oxygens (including phenoxy) is 4. The second-order valence-electron chi connectivity index (χ2n) is 9.52. The van der Waals surface area contributed by atoms with Gasteiger partial charge in [0, 0.05) is 12.8 Å². The summed E-state index contributed by atoms with van der Waals surface area (Å²) in [5.41, 5.74) is 1.70. The minimum atomic E-state index is -3.83. The van der Waals surface area contributed by atoms with Crippen LogP contribution in [0.2, 0.25) is 0 Å². The molecular weight excluding hydrogens is 510 g/mol. The summed E-state index contributed by atoms with van der Waals surface area (Å²) in [7, 11) is -0.745. The van der Waals surface area contributed by atoms with Crippen molar-refractivity contribution < 1.29 is 27.4 Å². The zero-order chi connectivity index (χ0) is 27.4. The molecule has 0 bridgehead atoms. The van der Waals surface area contributed by atoms with Gasteiger partial charge in [0.1, 0.15) is 35.1 Å². The van der Waals surface area contributed by atoms with Gasteiger partial charge in [-0.05, 0) is 52.7 Å². The number of methoxy groups -OCH3 is 2. The van der Waals surface area contributed by atoms with E-state index < -0.39 is 26.9 Å². The summed E-state index contributed by atoms with van der Waals surface area (Å²) in [5.74, 6) is 1.31. The molecule has 1 fully saturated rings. The van der Waals surface area contributed by atoms with Crippen LogP contribution in [-0.2, 0) is 25.1 Å². The Labute approximate surface area is 223 Å². The first-order valence-electron chi connectivity index (χ1n) is 12.6. The van der Waals surface area contributed by atoms with Crippen molar-refractivity contribution in [2.75, 3.05) is 20.8 Å². The van der Waals surface area contributed by atoms with Crippen LogP contribution in [0.5, 0.6) is 11.5 Å². The van der Waals surface area contributed by atoms with Gasteiger partial charge in [0.2, 0.25) is 0 Å². The minimum absolute atomic E-state index is 0.225. The Bertz CT molecular complexity index is 1310. The SMILES string of the molecule is COc1cccc(OC)c1-n1c(CS(=O)(=O)[C@@H](C)[C@@H](OC(C)C)c2cnc(C)cn2)nnc1[C@@H]1CCCO1. The number of hydrogen-bond donors (Lipinski definition) is 0. The van der Waals surface area contributed by atoms with E-state index in [0.29, 0.717) is 35.3 Å². The minimum Gasteiger partial charge on any atom is -0.494 e. The highest BCUT2D eigenvalue weighted by atomic mass is 32.2. The lowest BCUT2D eigenvalue weighted by atomic mass is 10.2. The van der Waals surface area contributed by atoms with Crippen LogP contribution in [0.25, 0.3) is 5.69 Å². The third-order valence-corrected chi connectivity index (χ3v) is 8.47. The first-order chi connectivity index (χ1) is 18.2. The fourth-order valence-corrected chi connectivity index (χ4v) is 5.86. The van der Waals surface area contributed by atoms with E-state index in [4.69, 9.17) is 18.9 Å². The average molecular weight is 546 g/mol. The molecule has 0 aliphatic carbocycles. The molecule has 0 radical (unpaired) electrons. The molecule has 3 heterocycles. The molecule has 0 spiro atoms. The van der Waals surface area contributed by atoms with Crippen molar-refractivity contribution >= 4 is 9.84 Å². The van der Waals surface area contributed by atoms with Crippen molar-refractivity contribution in [1.82, 2.24) is 24.7 Å². The Kier molecular flexibility index (Phi) is 8.64. The molecule has 38 heavy (non-hydrogen) atoms. The monoisotopic (exact) mass is 545 g/mol. The number of para-hydroxylation sites is 1. The van der Waals surface area contributed by atoms with Crippen LogP contribution in [-0.4, -0.2) is 65.3 Å². The summed E-state index contributed by atoms with van der Waals surface area (Å²) in [6, 6.07) is 5.35. The number of aromatic nitrogens is 5. The van der Waals surface area contributed by atoms with E-state index in [-0.39, 0.29) is 18.0 Å². The highest BCUT2D eigenvalue weighted by molar-refractivity contribution is 7.91. The summed E-state index contributed by atoms with van der Waals surface area (Å²) in [6.45, 7) is 7.74.